The summed E-state index contributed by atoms with van der Waals surface area (Å²) in [5.74, 6) is -1.73. The quantitative estimate of drug-likeness (QED) is 0.402. The minimum atomic E-state index is -1.73. The van der Waals surface area contributed by atoms with Crippen LogP contribution in [0.4, 0.5) is 0 Å². The summed E-state index contributed by atoms with van der Waals surface area (Å²) in [5, 5.41) is 19.4. The van der Waals surface area contributed by atoms with Crippen LogP contribution in [-0.4, -0.2) is 16.0 Å². The normalized spacial score (nSPS) is 24.2. The van der Waals surface area contributed by atoms with Crippen LogP contribution in [0.15, 0.2) is 48.6 Å². The van der Waals surface area contributed by atoms with E-state index in [-0.39, 0.29) is 6.42 Å². The molecule has 0 bridgehead atoms. The number of aliphatic hydroxyl groups is 2. The molecule has 1 aromatic carbocycles. The van der Waals surface area contributed by atoms with Crippen molar-refractivity contribution in [2.24, 2.45) is 0 Å². The van der Waals surface area contributed by atoms with Crippen LogP contribution in [0, 0.1) is 0 Å². The SMILES string of the molecule is N1PNPNP1.OC1(O)CC=CC=C1c1ccccc1. The van der Waals surface area contributed by atoms with Crippen LogP contribution in [0.5, 0.6) is 0 Å². The monoisotopic (exact) mass is 329 g/mol. The lowest BCUT2D eigenvalue weighted by molar-refractivity contribution is -0.105. The first-order chi connectivity index (χ1) is 9.70. The van der Waals surface area contributed by atoms with E-state index in [2.05, 4.69) is 14.6 Å². The fraction of sp³-hybridized carbons (Fsp3) is 0.167. The number of benzene rings is 1. The van der Waals surface area contributed by atoms with Crippen molar-refractivity contribution < 1.29 is 10.2 Å². The summed E-state index contributed by atoms with van der Waals surface area (Å²) in [6.07, 6.45) is 5.56. The van der Waals surface area contributed by atoms with Crippen LogP contribution < -0.4 is 14.6 Å². The zero-order valence-corrected chi connectivity index (χ0v) is 13.7. The molecule has 20 heavy (non-hydrogen) atoms. The van der Waals surface area contributed by atoms with Crippen LogP contribution in [0.25, 0.3) is 5.57 Å². The second-order valence-electron chi connectivity index (χ2n) is 4.15. The molecule has 1 aliphatic heterocycles. The highest BCUT2D eigenvalue weighted by atomic mass is 31.2. The average Bonchev–Trinajstić information content (AvgIpc) is 2.50. The van der Waals surface area contributed by atoms with Crippen LogP contribution in [0.3, 0.4) is 0 Å². The van der Waals surface area contributed by atoms with E-state index in [4.69, 9.17) is 0 Å². The lowest BCUT2D eigenvalue weighted by Crippen LogP contribution is -2.30. The van der Waals surface area contributed by atoms with Gasteiger partial charge in [-0.25, -0.2) is 0 Å². The Kier molecular flexibility index (Phi) is 6.70. The van der Waals surface area contributed by atoms with Gasteiger partial charge in [0.1, 0.15) is 0 Å². The summed E-state index contributed by atoms with van der Waals surface area (Å²) < 4.78 is 0. The van der Waals surface area contributed by atoms with Crippen LogP contribution in [0.1, 0.15) is 12.0 Å². The molecule has 108 valence electrons. The number of hydrogen-bond acceptors (Lipinski definition) is 5. The molecular formula is C12H18N3O2P3. The van der Waals surface area contributed by atoms with Crippen molar-refractivity contribution in [1.82, 2.24) is 14.6 Å². The van der Waals surface area contributed by atoms with Crippen LogP contribution in [0.2, 0.25) is 0 Å². The van der Waals surface area contributed by atoms with Gasteiger partial charge in [-0.05, 0) is 5.56 Å². The molecule has 1 heterocycles. The molecule has 5 nitrogen and oxygen atoms in total. The third-order valence-corrected chi connectivity index (χ3v) is 5.69. The molecule has 0 spiro atoms. The van der Waals surface area contributed by atoms with E-state index in [9.17, 15) is 10.2 Å². The highest BCUT2D eigenvalue weighted by Crippen LogP contribution is 2.30. The Morgan fingerprint density at radius 3 is 2.05 bits per heavy atom. The van der Waals surface area contributed by atoms with Gasteiger partial charge in [-0.2, -0.15) is 0 Å². The first-order valence-corrected chi connectivity index (χ1v) is 9.08. The van der Waals surface area contributed by atoms with Gasteiger partial charge in [0.25, 0.3) is 0 Å². The molecule has 0 atom stereocenters. The smallest absolute Gasteiger partial charge is 0.193 e. The topological polar surface area (TPSA) is 76.5 Å². The van der Waals surface area contributed by atoms with Crippen molar-refractivity contribution in [3.8, 4) is 0 Å². The molecule has 1 aromatic rings. The Labute approximate surface area is 124 Å². The van der Waals surface area contributed by atoms with Crippen molar-refractivity contribution in [1.29, 1.82) is 0 Å². The summed E-state index contributed by atoms with van der Waals surface area (Å²) in [7, 11) is 2.29. The van der Waals surface area contributed by atoms with E-state index in [0.29, 0.717) is 5.57 Å². The molecule has 1 aliphatic carbocycles. The zero-order chi connectivity index (χ0) is 14.3. The van der Waals surface area contributed by atoms with Gasteiger partial charge in [0.05, 0.1) is 0 Å². The summed E-state index contributed by atoms with van der Waals surface area (Å²) in [5.41, 5.74) is 1.41. The summed E-state index contributed by atoms with van der Waals surface area (Å²) in [6, 6.07) is 9.40. The van der Waals surface area contributed by atoms with Crippen LogP contribution in [-0.2, 0) is 0 Å². The van der Waals surface area contributed by atoms with Gasteiger partial charge >= 0.3 is 0 Å². The molecule has 2 aliphatic rings. The standard InChI is InChI=1S/C12H12O2.H6N3P3/c13-12(14)9-5-4-8-11(12)10-6-2-1-3-7-10;1-4-2-6-3-5-1/h1-8,13-14H,9H2;1-6H. The van der Waals surface area contributed by atoms with Gasteiger partial charge < -0.3 is 10.2 Å². The summed E-state index contributed by atoms with van der Waals surface area (Å²) >= 11 is 0. The van der Waals surface area contributed by atoms with Crippen molar-refractivity contribution in [2.75, 3.05) is 0 Å². The molecular weight excluding hydrogens is 311 g/mol. The molecule has 0 aromatic heterocycles. The minimum Gasteiger partial charge on any atom is -0.362 e. The van der Waals surface area contributed by atoms with Crippen molar-refractivity contribution in [2.45, 2.75) is 12.2 Å². The highest BCUT2D eigenvalue weighted by Gasteiger charge is 2.29. The van der Waals surface area contributed by atoms with Crippen molar-refractivity contribution >= 4 is 32.2 Å². The number of nitrogens with one attached hydrogen (secondary N) is 3. The predicted octanol–water partition coefficient (Wildman–Crippen LogP) is 2.01. The average molecular weight is 329 g/mol. The lowest BCUT2D eigenvalue weighted by Gasteiger charge is -2.26. The van der Waals surface area contributed by atoms with Gasteiger partial charge in [0.2, 0.25) is 0 Å². The van der Waals surface area contributed by atoms with E-state index in [1.807, 2.05) is 36.4 Å². The summed E-state index contributed by atoms with van der Waals surface area (Å²) in [4.78, 5) is 9.38. The number of allylic oxidation sites excluding steroid dienone is 2. The van der Waals surface area contributed by atoms with E-state index >= 15 is 0 Å². The first kappa shape index (κ1) is 16.2. The maximum absolute atomic E-state index is 9.72. The molecule has 3 rings (SSSR count). The largest absolute Gasteiger partial charge is 0.362 e. The Bertz CT molecular complexity index is 465. The Morgan fingerprint density at radius 2 is 1.55 bits per heavy atom. The summed E-state index contributed by atoms with van der Waals surface area (Å²) in [6.45, 7) is 0. The van der Waals surface area contributed by atoms with E-state index < -0.39 is 5.79 Å². The van der Waals surface area contributed by atoms with Crippen molar-refractivity contribution in [3.63, 3.8) is 0 Å². The van der Waals surface area contributed by atoms with Crippen LogP contribution >= 0.6 is 26.6 Å². The van der Waals surface area contributed by atoms with Gasteiger partial charge in [-0.15, -0.1) is 0 Å². The van der Waals surface area contributed by atoms with Gasteiger partial charge in [-0.1, -0.05) is 48.6 Å². The molecule has 5 N–H and O–H groups in total. The third kappa shape index (κ3) is 4.96. The van der Waals surface area contributed by atoms with Gasteiger partial charge in [0, 0.05) is 38.6 Å². The minimum absolute atomic E-state index is 0.244. The zero-order valence-electron chi connectivity index (χ0n) is 10.7. The molecule has 0 saturated carbocycles. The number of rotatable bonds is 1. The molecule has 8 heteroatoms. The fourth-order valence-corrected chi connectivity index (χ4v) is 4.96. The Morgan fingerprint density at radius 1 is 0.950 bits per heavy atom. The van der Waals surface area contributed by atoms with Crippen molar-refractivity contribution in [3.05, 3.63) is 54.1 Å². The molecule has 0 unspecified atom stereocenters. The lowest BCUT2D eigenvalue weighted by atomic mass is 9.92. The van der Waals surface area contributed by atoms with E-state index in [0.717, 1.165) is 32.2 Å². The maximum Gasteiger partial charge on any atom is 0.193 e. The first-order valence-electron chi connectivity index (χ1n) is 6.08. The van der Waals surface area contributed by atoms with E-state index in [1.54, 1.807) is 12.2 Å². The second-order valence-corrected chi connectivity index (χ2v) is 7.90. The van der Waals surface area contributed by atoms with Gasteiger partial charge in [-0.3, -0.25) is 14.6 Å². The molecule has 1 fully saturated rings. The predicted molar refractivity (Wildman–Crippen MR) is 89.7 cm³/mol. The highest BCUT2D eigenvalue weighted by molar-refractivity contribution is 7.65. The third-order valence-electron chi connectivity index (χ3n) is 2.69. The molecule has 0 radical (unpaired) electrons. The Hall–Kier alpha value is -0.210. The van der Waals surface area contributed by atoms with E-state index in [1.165, 1.54) is 0 Å². The van der Waals surface area contributed by atoms with Gasteiger partial charge in [0.15, 0.2) is 5.79 Å². The molecule has 1 saturated heterocycles. The second kappa shape index (κ2) is 8.29. The maximum atomic E-state index is 9.72. The number of hydrogen-bond donors (Lipinski definition) is 5. The molecule has 0 amide bonds. The fourth-order valence-electron chi connectivity index (χ4n) is 1.77. The Balaban J connectivity index is 0.000000205.